The SMILES string of the molecule is CCOCC(=O)N1CCCN(Cc2ccc(F)cc2)C(C(C)C)C1. The lowest BCUT2D eigenvalue weighted by molar-refractivity contribution is -0.136. The van der Waals surface area contributed by atoms with E-state index in [4.69, 9.17) is 4.74 Å². The molecular formula is C19H29FN2O2. The number of benzene rings is 1. The molecule has 5 heteroatoms. The van der Waals surface area contributed by atoms with E-state index < -0.39 is 0 Å². The largest absolute Gasteiger partial charge is 0.372 e. The monoisotopic (exact) mass is 336 g/mol. The highest BCUT2D eigenvalue weighted by Gasteiger charge is 2.29. The molecule has 0 radical (unpaired) electrons. The van der Waals surface area contributed by atoms with Gasteiger partial charge in [-0.3, -0.25) is 9.69 Å². The van der Waals surface area contributed by atoms with Crippen molar-refractivity contribution in [3.8, 4) is 0 Å². The summed E-state index contributed by atoms with van der Waals surface area (Å²) in [5.41, 5.74) is 1.11. The number of hydrogen-bond donors (Lipinski definition) is 0. The second kappa shape index (κ2) is 9.14. The predicted molar refractivity (Wildman–Crippen MR) is 93.1 cm³/mol. The van der Waals surface area contributed by atoms with Crippen molar-refractivity contribution in [2.45, 2.75) is 39.8 Å². The quantitative estimate of drug-likeness (QED) is 0.801. The van der Waals surface area contributed by atoms with E-state index in [1.165, 1.54) is 12.1 Å². The third kappa shape index (κ3) is 5.28. The molecule has 1 aromatic rings. The summed E-state index contributed by atoms with van der Waals surface area (Å²) in [7, 11) is 0. The third-order valence-electron chi connectivity index (χ3n) is 4.60. The number of hydrogen-bond acceptors (Lipinski definition) is 3. The summed E-state index contributed by atoms with van der Waals surface area (Å²) in [6.07, 6.45) is 0.947. The number of ether oxygens (including phenoxy) is 1. The Hall–Kier alpha value is -1.46. The molecule has 1 heterocycles. The maximum atomic E-state index is 13.1. The van der Waals surface area contributed by atoms with Gasteiger partial charge in [0.15, 0.2) is 0 Å². The minimum atomic E-state index is -0.206. The van der Waals surface area contributed by atoms with Gasteiger partial charge in [-0.25, -0.2) is 4.39 Å². The van der Waals surface area contributed by atoms with Gasteiger partial charge in [0.05, 0.1) is 0 Å². The molecule has 0 N–H and O–H groups in total. The molecule has 1 fully saturated rings. The highest BCUT2D eigenvalue weighted by atomic mass is 19.1. The third-order valence-corrected chi connectivity index (χ3v) is 4.60. The molecule has 24 heavy (non-hydrogen) atoms. The molecule has 0 saturated carbocycles. The first-order chi connectivity index (χ1) is 11.5. The second-order valence-electron chi connectivity index (χ2n) is 6.74. The Kier molecular flexibility index (Phi) is 7.18. The molecule has 0 aromatic heterocycles. The van der Waals surface area contributed by atoms with Gasteiger partial charge in [0, 0.05) is 38.8 Å². The summed E-state index contributed by atoms with van der Waals surface area (Å²) in [6.45, 7) is 10.2. The molecule has 1 aromatic carbocycles. The molecular weight excluding hydrogens is 307 g/mol. The number of amides is 1. The molecule has 4 nitrogen and oxygen atoms in total. The van der Waals surface area contributed by atoms with Crippen molar-refractivity contribution in [2.24, 2.45) is 5.92 Å². The Labute approximate surface area is 144 Å². The van der Waals surface area contributed by atoms with Crippen LogP contribution in [0.25, 0.3) is 0 Å². The minimum Gasteiger partial charge on any atom is -0.372 e. The zero-order chi connectivity index (χ0) is 17.5. The first-order valence-electron chi connectivity index (χ1n) is 8.85. The molecule has 0 bridgehead atoms. The summed E-state index contributed by atoms with van der Waals surface area (Å²) in [4.78, 5) is 16.7. The molecule has 1 atom stereocenters. The predicted octanol–water partition coefficient (Wildman–Crippen LogP) is 2.92. The van der Waals surface area contributed by atoms with Crippen LogP contribution in [0.3, 0.4) is 0 Å². The molecule has 0 spiro atoms. The zero-order valence-corrected chi connectivity index (χ0v) is 15.0. The van der Waals surface area contributed by atoms with Crippen molar-refractivity contribution in [3.05, 3.63) is 35.6 Å². The first-order valence-corrected chi connectivity index (χ1v) is 8.85. The normalized spacial score (nSPS) is 19.5. The molecule has 0 aliphatic carbocycles. The van der Waals surface area contributed by atoms with E-state index in [0.717, 1.165) is 38.2 Å². The Morgan fingerprint density at radius 3 is 2.62 bits per heavy atom. The molecule has 1 amide bonds. The van der Waals surface area contributed by atoms with Crippen LogP contribution in [0.15, 0.2) is 24.3 Å². The highest BCUT2D eigenvalue weighted by molar-refractivity contribution is 5.77. The summed E-state index contributed by atoms with van der Waals surface area (Å²) in [5, 5.41) is 0. The fraction of sp³-hybridized carbons (Fsp3) is 0.632. The van der Waals surface area contributed by atoms with E-state index in [1.807, 2.05) is 24.0 Å². The lowest BCUT2D eigenvalue weighted by Crippen LogP contribution is -2.46. The van der Waals surface area contributed by atoms with Crippen LogP contribution in [0.4, 0.5) is 4.39 Å². The van der Waals surface area contributed by atoms with Crippen molar-refractivity contribution >= 4 is 5.91 Å². The Morgan fingerprint density at radius 1 is 1.29 bits per heavy atom. The van der Waals surface area contributed by atoms with Crippen LogP contribution >= 0.6 is 0 Å². The smallest absolute Gasteiger partial charge is 0.248 e. The number of nitrogens with zero attached hydrogens (tertiary/aromatic N) is 2. The van der Waals surface area contributed by atoms with Crippen LogP contribution in [0, 0.1) is 11.7 Å². The Balaban J connectivity index is 2.05. The average molecular weight is 336 g/mol. The van der Waals surface area contributed by atoms with E-state index in [2.05, 4.69) is 18.7 Å². The second-order valence-corrected chi connectivity index (χ2v) is 6.74. The van der Waals surface area contributed by atoms with Gasteiger partial charge < -0.3 is 9.64 Å². The van der Waals surface area contributed by atoms with E-state index >= 15 is 0 Å². The standard InChI is InChI=1S/C19H29FN2O2/c1-4-24-14-19(23)22-11-5-10-21(18(13-22)15(2)3)12-16-6-8-17(20)9-7-16/h6-9,15,18H,4-5,10-14H2,1-3H3. The fourth-order valence-electron chi connectivity index (χ4n) is 3.22. The summed E-state index contributed by atoms with van der Waals surface area (Å²) in [6, 6.07) is 7.00. The van der Waals surface area contributed by atoms with Crippen molar-refractivity contribution < 1.29 is 13.9 Å². The van der Waals surface area contributed by atoms with Gasteiger partial charge >= 0.3 is 0 Å². The van der Waals surface area contributed by atoms with Crippen molar-refractivity contribution in [2.75, 3.05) is 32.8 Å². The van der Waals surface area contributed by atoms with Crippen molar-refractivity contribution in [3.63, 3.8) is 0 Å². The average Bonchev–Trinajstić information content (AvgIpc) is 2.77. The Morgan fingerprint density at radius 2 is 2.00 bits per heavy atom. The zero-order valence-electron chi connectivity index (χ0n) is 15.0. The van der Waals surface area contributed by atoms with Crippen LogP contribution < -0.4 is 0 Å². The lowest BCUT2D eigenvalue weighted by Gasteiger charge is -2.34. The summed E-state index contributed by atoms with van der Waals surface area (Å²) in [5.74, 6) is 0.305. The van der Waals surface area contributed by atoms with Gasteiger partial charge in [-0.15, -0.1) is 0 Å². The van der Waals surface area contributed by atoms with Crippen molar-refractivity contribution in [1.29, 1.82) is 0 Å². The molecule has 134 valence electrons. The van der Waals surface area contributed by atoms with Crippen LogP contribution in [-0.4, -0.2) is 54.6 Å². The van der Waals surface area contributed by atoms with Gasteiger partial charge in [0.2, 0.25) is 5.91 Å². The fourth-order valence-corrected chi connectivity index (χ4v) is 3.22. The molecule has 1 unspecified atom stereocenters. The topological polar surface area (TPSA) is 32.8 Å². The Bertz CT molecular complexity index is 519. The summed E-state index contributed by atoms with van der Waals surface area (Å²) >= 11 is 0. The summed E-state index contributed by atoms with van der Waals surface area (Å²) < 4.78 is 18.4. The number of halogens is 1. The molecule has 1 saturated heterocycles. The molecule has 2 rings (SSSR count). The maximum absolute atomic E-state index is 13.1. The number of rotatable bonds is 6. The highest BCUT2D eigenvalue weighted by Crippen LogP contribution is 2.20. The van der Waals surface area contributed by atoms with Gasteiger partial charge in [-0.2, -0.15) is 0 Å². The first kappa shape index (κ1) is 18.9. The van der Waals surface area contributed by atoms with Gasteiger partial charge in [0.25, 0.3) is 0 Å². The van der Waals surface area contributed by atoms with E-state index in [-0.39, 0.29) is 18.3 Å². The van der Waals surface area contributed by atoms with Gasteiger partial charge in [-0.05, 0) is 37.0 Å². The van der Waals surface area contributed by atoms with Crippen LogP contribution in [0.1, 0.15) is 32.8 Å². The van der Waals surface area contributed by atoms with Crippen LogP contribution in [-0.2, 0) is 16.1 Å². The maximum Gasteiger partial charge on any atom is 0.248 e. The lowest BCUT2D eigenvalue weighted by atomic mass is 10.0. The van der Waals surface area contributed by atoms with E-state index in [9.17, 15) is 9.18 Å². The van der Waals surface area contributed by atoms with E-state index in [0.29, 0.717) is 18.6 Å². The number of carbonyl (C=O) groups excluding carboxylic acids is 1. The van der Waals surface area contributed by atoms with Gasteiger partial charge in [0.1, 0.15) is 12.4 Å². The molecule has 1 aliphatic heterocycles. The minimum absolute atomic E-state index is 0.0751. The van der Waals surface area contributed by atoms with Crippen molar-refractivity contribution in [1.82, 2.24) is 9.80 Å². The number of carbonyl (C=O) groups is 1. The van der Waals surface area contributed by atoms with E-state index in [1.54, 1.807) is 0 Å². The van der Waals surface area contributed by atoms with Crippen LogP contribution in [0.5, 0.6) is 0 Å². The molecule has 1 aliphatic rings. The van der Waals surface area contributed by atoms with Gasteiger partial charge in [-0.1, -0.05) is 26.0 Å². The van der Waals surface area contributed by atoms with Crippen LogP contribution in [0.2, 0.25) is 0 Å².